The Labute approximate surface area is 211 Å². The van der Waals surface area contributed by atoms with E-state index in [4.69, 9.17) is 4.98 Å². The molecule has 36 heavy (non-hydrogen) atoms. The smallest absolute Gasteiger partial charge is 0.251 e. The van der Waals surface area contributed by atoms with Gasteiger partial charge >= 0.3 is 0 Å². The lowest BCUT2D eigenvalue weighted by Crippen LogP contribution is -2.43. The van der Waals surface area contributed by atoms with Gasteiger partial charge in [-0.2, -0.15) is 4.98 Å². The molecule has 0 unspecified atom stereocenters. The number of anilines is 4. The molecule has 1 saturated heterocycles. The van der Waals surface area contributed by atoms with Crippen LogP contribution < -0.4 is 20.4 Å². The van der Waals surface area contributed by atoms with Gasteiger partial charge in [0.15, 0.2) is 5.82 Å². The number of fused-ring (bicyclic) bond motifs is 1. The van der Waals surface area contributed by atoms with Gasteiger partial charge in [0, 0.05) is 37.7 Å². The monoisotopic (exact) mass is 495 g/mol. The Balaban J connectivity index is 1.33. The number of nitrogens with zero attached hydrogens (tertiary/aromatic N) is 5. The number of amides is 2. The fraction of sp³-hybridized carbons (Fsp3) is 0.538. The number of carbonyl (C=O) groups is 2. The fourth-order valence-electron chi connectivity index (χ4n) is 5.37. The molecule has 1 aromatic heterocycles. The maximum Gasteiger partial charge on any atom is 0.251 e. The Morgan fingerprint density at radius 2 is 1.83 bits per heavy atom. The second-order valence-corrected chi connectivity index (χ2v) is 10.1. The van der Waals surface area contributed by atoms with Crippen molar-refractivity contribution in [1.29, 1.82) is 0 Å². The first-order chi connectivity index (χ1) is 17.4. The van der Waals surface area contributed by atoms with Gasteiger partial charge < -0.3 is 25.3 Å². The Bertz CT molecular complexity index is 1130. The largest absolute Gasteiger partial charge is 0.351 e. The first kappa shape index (κ1) is 24.4. The third-order valence-corrected chi connectivity index (χ3v) is 7.62. The van der Waals surface area contributed by atoms with Gasteiger partial charge in [-0.25, -0.2) is 9.37 Å². The minimum Gasteiger partial charge on any atom is -0.351 e. The number of piperidine rings is 1. The third kappa shape index (κ3) is 5.13. The van der Waals surface area contributed by atoms with Crippen LogP contribution in [0.3, 0.4) is 0 Å². The Hall–Kier alpha value is -3.27. The highest BCUT2D eigenvalue weighted by molar-refractivity contribution is 5.97. The van der Waals surface area contributed by atoms with Crippen molar-refractivity contribution in [3.63, 3.8) is 0 Å². The number of rotatable bonds is 5. The third-order valence-electron chi connectivity index (χ3n) is 7.62. The first-order valence-corrected chi connectivity index (χ1v) is 12.9. The molecule has 0 atom stereocenters. The molecular formula is C26H34FN7O2. The van der Waals surface area contributed by atoms with E-state index >= 15 is 0 Å². The molecule has 192 valence electrons. The van der Waals surface area contributed by atoms with E-state index < -0.39 is 5.82 Å². The predicted octanol–water partition coefficient (Wildman–Crippen LogP) is 3.30. The second-order valence-electron chi connectivity index (χ2n) is 10.1. The second kappa shape index (κ2) is 10.4. The quantitative estimate of drug-likeness (QED) is 0.657. The summed E-state index contributed by atoms with van der Waals surface area (Å²) in [4.78, 5) is 40.3. The molecule has 5 rings (SSSR count). The van der Waals surface area contributed by atoms with Gasteiger partial charge in [0.1, 0.15) is 11.5 Å². The average Bonchev–Trinajstić information content (AvgIpc) is 3.37. The maximum atomic E-state index is 15.0. The summed E-state index contributed by atoms with van der Waals surface area (Å²) in [5, 5.41) is 5.98. The molecule has 2 fully saturated rings. The Morgan fingerprint density at radius 3 is 2.56 bits per heavy atom. The van der Waals surface area contributed by atoms with Gasteiger partial charge in [0.2, 0.25) is 11.9 Å². The van der Waals surface area contributed by atoms with E-state index in [0.717, 1.165) is 38.8 Å². The Morgan fingerprint density at radius 1 is 1.08 bits per heavy atom. The van der Waals surface area contributed by atoms with E-state index in [-0.39, 0.29) is 35.1 Å². The summed E-state index contributed by atoms with van der Waals surface area (Å²) in [6.45, 7) is 2.48. The van der Waals surface area contributed by atoms with Crippen LogP contribution in [0.2, 0.25) is 0 Å². The molecule has 1 saturated carbocycles. The number of benzene rings is 1. The SMILES string of the molecule is CN1CCC(NC(=O)c2ccc(Nc3ncc4c(n3)N(C3CCCC3)CCC(=O)N4C)c(F)c2)CC1. The number of carbonyl (C=O) groups excluding carboxylic acids is 2. The summed E-state index contributed by atoms with van der Waals surface area (Å²) in [7, 11) is 3.81. The summed E-state index contributed by atoms with van der Waals surface area (Å²) < 4.78 is 15.0. The molecule has 1 aliphatic carbocycles. The number of aromatic nitrogens is 2. The van der Waals surface area contributed by atoms with E-state index in [1.54, 1.807) is 24.2 Å². The number of nitrogens with one attached hydrogen (secondary N) is 2. The minimum absolute atomic E-state index is 0.0289. The number of halogens is 1. The van der Waals surface area contributed by atoms with E-state index in [2.05, 4.69) is 32.5 Å². The lowest BCUT2D eigenvalue weighted by Gasteiger charge is -2.30. The molecule has 9 nitrogen and oxygen atoms in total. The lowest BCUT2D eigenvalue weighted by molar-refractivity contribution is -0.118. The molecule has 2 N–H and O–H groups in total. The molecule has 2 aliphatic heterocycles. The van der Waals surface area contributed by atoms with Crippen molar-refractivity contribution < 1.29 is 14.0 Å². The van der Waals surface area contributed by atoms with Crippen molar-refractivity contribution in [3.05, 3.63) is 35.8 Å². The van der Waals surface area contributed by atoms with Crippen molar-refractivity contribution >= 4 is 35.0 Å². The normalized spacial score (nSPS) is 19.8. The summed E-state index contributed by atoms with van der Waals surface area (Å²) in [5.41, 5.74) is 1.14. The van der Waals surface area contributed by atoms with Crippen molar-refractivity contribution in [2.45, 2.75) is 57.0 Å². The van der Waals surface area contributed by atoms with Gasteiger partial charge in [-0.1, -0.05) is 12.8 Å². The fourth-order valence-corrected chi connectivity index (χ4v) is 5.37. The molecular weight excluding hydrogens is 461 g/mol. The van der Waals surface area contributed by atoms with Crippen LogP contribution in [0.5, 0.6) is 0 Å². The zero-order valence-corrected chi connectivity index (χ0v) is 21.0. The van der Waals surface area contributed by atoms with Crippen LogP contribution in [0.1, 0.15) is 55.3 Å². The number of hydrogen-bond donors (Lipinski definition) is 2. The summed E-state index contributed by atoms with van der Waals surface area (Å²) in [6.07, 6.45) is 8.29. The molecule has 10 heteroatoms. The van der Waals surface area contributed by atoms with Crippen molar-refractivity contribution in [2.75, 3.05) is 48.8 Å². The van der Waals surface area contributed by atoms with E-state index in [0.29, 0.717) is 30.5 Å². The predicted molar refractivity (Wildman–Crippen MR) is 137 cm³/mol. The highest BCUT2D eigenvalue weighted by Crippen LogP contribution is 2.36. The van der Waals surface area contributed by atoms with Gasteiger partial charge in [-0.3, -0.25) is 9.59 Å². The van der Waals surface area contributed by atoms with E-state index in [1.807, 2.05) is 0 Å². The summed E-state index contributed by atoms with van der Waals surface area (Å²) in [6, 6.07) is 4.84. The van der Waals surface area contributed by atoms with Crippen LogP contribution in [0, 0.1) is 5.82 Å². The first-order valence-electron chi connectivity index (χ1n) is 12.9. The number of likely N-dealkylation sites (tertiary alicyclic amines) is 1. The molecule has 0 bridgehead atoms. The number of hydrogen-bond acceptors (Lipinski definition) is 7. The minimum atomic E-state index is -0.551. The zero-order valence-electron chi connectivity index (χ0n) is 21.0. The lowest BCUT2D eigenvalue weighted by atomic mass is 10.0. The standard InChI is InChI=1S/C26H34FN7O2/c1-32-12-9-18(10-13-32)29-25(36)17-7-8-21(20(27)15-17)30-26-28-16-22-24(31-26)34(19-5-3-4-6-19)14-11-23(35)33(22)2/h7-8,15-16,18-19H,3-6,9-14H2,1-2H3,(H,29,36)(H,28,30,31). The molecule has 1 aromatic carbocycles. The average molecular weight is 496 g/mol. The van der Waals surface area contributed by atoms with Crippen molar-refractivity contribution in [2.24, 2.45) is 0 Å². The van der Waals surface area contributed by atoms with Gasteiger partial charge in [-0.15, -0.1) is 0 Å². The van der Waals surface area contributed by atoms with Gasteiger partial charge in [0.25, 0.3) is 5.91 Å². The molecule has 0 spiro atoms. The van der Waals surface area contributed by atoms with Gasteiger partial charge in [0.05, 0.1) is 11.9 Å². The van der Waals surface area contributed by atoms with E-state index in [9.17, 15) is 14.0 Å². The molecule has 3 heterocycles. The maximum absolute atomic E-state index is 15.0. The van der Waals surface area contributed by atoms with Crippen LogP contribution >= 0.6 is 0 Å². The van der Waals surface area contributed by atoms with Crippen LogP contribution in [0.4, 0.5) is 27.5 Å². The molecule has 2 aromatic rings. The Kier molecular flexibility index (Phi) is 7.04. The topological polar surface area (TPSA) is 93.7 Å². The molecule has 0 radical (unpaired) electrons. The highest BCUT2D eigenvalue weighted by Gasteiger charge is 2.31. The van der Waals surface area contributed by atoms with Crippen LogP contribution in [0.25, 0.3) is 0 Å². The van der Waals surface area contributed by atoms with Gasteiger partial charge in [-0.05, 0) is 64.0 Å². The molecule has 3 aliphatic rings. The van der Waals surface area contributed by atoms with Crippen LogP contribution in [-0.4, -0.2) is 72.5 Å². The summed E-state index contributed by atoms with van der Waals surface area (Å²) >= 11 is 0. The van der Waals surface area contributed by atoms with Crippen molar-refractivity contribution in [3.8, 4) is 0 Å². The zero-order chi connectivity index (χ0) is 25.2. The van der Waals surface area contributed by atoms with Crippen LogP contribution in [0.15, 0.2) is 24.4 Å². The van der Waals surface area contributed by atoms with E-state index in [1.165, 1.54) is 25.0 Å². The van der Waals surface area contributed by atoms with Crippen LogP contribution in [-0.2, 0) is 4.79 Å². The molecule has 2 amide bonds. The van der Waals surface area contributed by atoms with Crippen molar-refractivity contribution in [1.82, 2.24) is 20.2 Å². The summed E-state index contributed by atoms with van der Waals surface area (Å²) in [5.74, 6) is 0.158. The highest BCUT2D eigenvalue weighted by atomic mass is 19.1.